The zero-order valence-corrected chi connectivity index (χ0v) is 6.01. The Morgan fingerprint density at radius 2 is 1.73 bits per heavy atom. The van der Waals surface area contributed by atoms with Crippen LogP contribution in [-0.2, 0) is 4.74 Å². The lowest BCUT2D eigenvalue weighted by atomic mass is 10.0. The zero-order chi connectivity index (χ0) is 8.59. The van der Waals surface area contributed by atoms with Crippen LogP contribution in [0, 0.1) is 0 Å². The minimum atomic E-state index is -1.93. The molecule has 3 N–H and O–H groups in total. The third kappa shape index (κ3) is 1.51. The number of alkyl halides is 1. The lowest BCUT2D eigenvalue weighted by Crippen LogP contribution is -2.54. The van der Waals surface area contributed by atoms with Crippen molar-refractivity contribution in [2.75, 3.05) is 0 Å². The highest BCUT2D eigenvalue weighted by atomic mass is 19.1. The predicted octanol–water partition coefficient (Wildman–Crippen LogP) is -1.22. The van der Waals surface area contributed by atoms with Gasteiger partial charge in [-0.1, -0.05) is 0 Å². The number of hydrogen-bond acceptors (Lipinski definition) is 4. The Kier molecular flexibility index (Phi) is 2.43. The van der Waals surface area contributed by atoms with Crippen LogP contribution in [0.4, 0.5) is 4.39 Å². The minimum absolute atomic E-state index is 0.744. The fraction of sp³-hybridized carbons (Fsp3) is 1.00. The van der Waals surface area contributed by atoms with Gasteiger partial charge in [0.15, 0.2) is 12.5 Å². The number of aliphatic hydroxyl groups excluding tert-OH is 3. The standard InChI is InChI=1S/C6H11FO4/c1-2-4(8)5(9)3(7)6(10)11-2/h2-6,8-10H,1H3/t2-,3-,4+,5-,6?/m0/s1. The molecule has 0 aromatic heterocycles. The molecule has 5 heteroatoms. The molecule has 0 aromatic carbocycles. The van der Waals surface area contributed by atoms with E-state index in [4.69, 9.17) is 15.3 Å². The summed E-state index contributed by atoms with van der Waals surface area (Å²) in [7, 11) is 0. The van der Waals surface area contributed by atoms with Crippen LogP contribution in [0.2, 0.25) is 0 Å². The summed E-state index contributed by atoms with van der Waals surface area (Å²) >= 11 is 0. The maximum absolute atomic E-state index is 12.6. The van der Waals surface area contributed by atoms with E-state index in [-0.39, 0.29) is 0 Å². The summed E-state index contributed by atoms with van der Waals surface area (Å²) in [5, 5.41) is 26.7. The first-order valence-corrected chi connectivity index (χ1v) is 3.37. The summed E-state index contributed by atoms with van der Waals surface area (Å²) in [5.41, 5.74) is 0. The first-order valence-electron chi connectivity index (χ1n) is 3.37. The molecule has 0 aromatic rings. The summed E-state index contributed by atoms with van der Waals surface area (Å²) in [6.45, 7) is 1.45. The van der Waals surface area contributed by atoms with E-state index in [2.05, 4.69) is 4.74 Å². The van der Waals surface area contributed by atoms with Crippen LogP contribution in [0.3, 0.4) is 0 Å². The van der Waals surface area contributed by atoms with Gasteiger partial charge in [0.25, 0.3) is 0 Å². The Bertz CT molecular complexity index is 129. The maximum atomic E-state index is 12.6. The summed E-state index contributed by atoms with van der Waals surface area (Å²) in [4.78, 5) is 0. The number of ether oxygens (including phenoxy) is 1. The van der Waals surface area contributed by atoms with E-state index in [1.165, 1.54) is 6.92 Å². The molecule has 0 saturated carbocycles. The molecule has 1 aliphatic heterocycles. The first-order chi connectivity index (χ1) is 5.04. The van der Waals surface area contributed by atoms with Gasteiger partial charge in [-0.15, -0.1) is 0 Å². The molecule has 1 heterocycles. The van der Waals surface area contributed by atoms with Gasteiger partial charge in [-0.05, 0) is 6.92 Å². The smallest absolute Gasteiger partial charge is 0.189 e. The van der Waals surface area contributed by atoms with E-state index in [9.17, 15) is 4.39 Å². The summed E-state index contributed by atoms with van der Waals surface area (Å²) < 4.78 is 17.2. The lowest BCUT2D eigenvalue weighted by molar-refractivity contribution is -0.261. The van der Waals surface area contributed by atoms with E-state index in [1.54, 1.807) is 0 Å². The molecule has 0 amide bonds. The average Bonchev–Trinajstić information content (AvgIpc) is 1.97. The molecule has 1 aliphatic rings. The van der Waals surface area contributed by atoms with Crippen molar-refractivity contribution in [3.63, 3.8) is 0 Å². The van der Waals surface area contributed by atoms with Crippen molar-refractivity contribution in [2.24, 2.45) is 0 Å². The van der Waals surface area contributed by atoms with Crippen molar-refractivity contribution in [3.05, 3.63) is 0 Å². The highest BCUT2D eigenvalue weighted by Crippen LogP contribution is 2.21. The van der Waals surface area contributed by atoms with Gasteiger partial charge >= 0.3 is 0 Å². The van der Waals surface area contributed by atoms with Gasteiger partial charge in [-0.3, -0.25) is 0 Å². The van der Waals surface area contributed by atoms with Crippen LogP contribution in [0.15, 0.2) is 0 Å². The average molecular weight is 166 g/mol. The van der Waals surface area contributed by atoms with Crippen LogP contribution in [-0.4, -0.2) is 46.1 Å². The van der Waals surface area contributed by atoms with Gasteiger partial charge in [0.1, 0.15) is 12.2 Å². The fourth-order valence-corrected chi connectivity index (χ4v) is 1.01. The van der Waals surface area contributed by atoms with E-state index in [0.29, 0.717) is 0 Å². The van der Waals surface area contributed by atoms with Gasteiger partial charge in [0.05, 0.1) is 6.10 Å². The van der Waals surface area contributed by atoms with Gasteiger partial charge in [-0.2, -0.15) is 0 Å². The van der Waals surface area contributed by atoms with Crippen molar-refractivity contribution in [3.8, 4) is 0 Å². The molecule has 66 valence electrons. The first kappa shape index (κ1) is 8.86. The molecule has 4 nitrogen and oxygen atoms in total. The summed E-state index contributed by atoms with van der Waals surface area (Å²) in [6.07, 6.45) is -7.14. The molecule has 1 unspecified atom stereocenters. The van der Waals surface area contributed by atoms with Crippen LogP contribution in [0.5, 0.6) is 0 Å². The topological polar surface area (TPSA) is 69.9 Å². The monoisotopic (exact) mass is 166 g/mol. The minimum Gasteiger partial charge on any atom is -0.388 e. The largest absolute Gasteiger partial charge is 0.388 e. The second-order valence-electron chi connectivity index (χ2n) is 2.66. The quantitative estimate of drug-likeness (QED) is 0.422. The van der Waals surface area contributed by atoms with Gasteiger partial charge in [0, 0.05) is 0 Å². The highest BCUT2D eigenvalue weighted by molar-refractivity contribution is 4.86. The summed E-state index contributed by atoms with van der Waals surface area (Å²) in [5.74, 6) is 0. The SMILES string of the molecule is C[C@@H]1OC(O)[C@@H](F)[C@H](O)[C@@H]1O. The van der Waals surface area contributed by atoms with Crippen molar-refractivity contribution in [1.29, 1.82) is 0 Å². The highest BCUT2D eigenvalue weighted by Gasteiger charge is 2.42. The Balaban J connectivity index is 2.63. The molecular formula is C6H11FO4. The second-order valence-corrected chi connectivity index (χ2v) is 2.66. The third-order valence-corrected chi connectivity index (χ3v) is 1.78. The van der Waals surface area contributed by atoms with Gasteiger partial charge in [0.2, 0.25) is 0 Å². The number of hydrogen-bond donors (Lipinski definition) is 3. The normalized spacial score (nSPS) is 52.6. The van der Waals surface area contributed by atoms with Crippen LogP contribution in [0.25, 0.3) is 0 Å². The number of aliphatic hydroxyl groups is 3. The Morgan fingerprint density at radius 1 is 1.18 bits per heavy atom. The van der Waals surface area contributed by atoms with E-state index >= 15 is 0 Å². The Labute approximate surface area is 63.2 Å². The molecular weight excluding hydrogens is 155 g/mol. The van der Waals surface area contributed by atoms with Crippen LogP contribution >= 0.6 is 0 Å². The number of rotatable bonds is 0. The van der Waals surface area contributed by atoms with Gasteiger partial charge in [-0.25, -0.2) is 4.39 Å². The maximum Gasteiger partial charge on any atom is 0.189 e. The van der Waals surface area contributed by atoms with E-state index in [0.717, 1.165) is 0 Å². The van der Waals surface area contributed by atoms with Crippen molar-refractivity contribution in [2.45, 2.75) is 37.7 Å². The lowest BCUT2D eigenvalue weighted by Gasteiger charge is -2.35. The molecule has 5 atom stereocenters. The molecule has 1 rings (SSSR count). The van der Waals surface area contributed by atoms with Crippen molar-refractivity contribution >= 4 is 0 Å². The Hall–Kier alpha value is -0.230. The molecule has 1 fully saturated rings. The van der Waals surface area contributed by atoms with Crippen LogP contribution < -0.4 is 0 Å². The molecule has 0 spiro atoms. The molecule has 1 saturated heterocycles. The third-order valence-electron chi connectivity index (χ3n) is 1.78. The van der Waals surface area contributed by atoms with Gasteiger partial charge < -0.3 is 20.1 Å². The van der Waals surface area contributed by atoms with Crippen LogP contribution in [0.1, 0.15) is 6.92 Å². The van der Waals surface area contributed by atoms with E-state index in [1.807, 2.05) is 0 Å². The second kappa shape index (κ2) is 3.02. The zero-order valence-electron chi connectivity index (χ0n) is 6.01. The predicted molar refractivity (Wildman–Crippen MR) is 33.5 cm³/mol. The van der Waals surface area contributed by atoms with E-state index < -0.39 is 30.8 Å². The van der Waals surface area contributed by atoms with Crippen molar-refractivity contribution in [1.82, 2.24) is 0 Å². The molecule has 0 bridgehead atoms. The fourth-order valence-electron chi connectivity index (χ4n) is 1.01. The van der Waals surface area contributed by atoms with Crippen molar-refractivity contribution < 1.29 is 24.4 Å². The summed E-state index contributed by atoms with van der Waals surface area (Å²) in [6, 6.07) is 0. The number of halogens is 1. The molecule has 0 aliphatic carbocycles. The molecule has 11 heavy (non-hydrogen) atoms. The molecule has 0 radical (unpaired) electrons. The Morgan fingerprint density at radius 3 is 2.27 bits per heavy atom.